The molecule has 1 amide bonds. The van der Waals surface area contributed by atoms with Gasteiger partial charge in [-0.05, 0) is 29.5 Å². The second-order valence-electron chi connectivity index (χ2n) is 7.03. The van der Waals surface area contributed by atoms with Crippen LogP contribution in [0.4, 0.5) is 14.9 Å². The van der Waals surface area contributed by atoms with Crippen LogP contribution in [0.15, 0.2) is 36.5 Å². The van der Waals surface area contributed by atoms with Crippen LogP contribution in [-0.2, 0) is 21.3 Å². The zero-order valence-electron chi connectivity index (χ0n) is 17.5. The Labute approximate surface area is 194 Å². The van der Waals surface area contributed by atoms with Crippen molar-refractivity contribution in [1.29, 1.82) is 0 Å². The lowest BCUT2D eigenvalue weighted by Crippen LogP contribution is -2.25. The van der Waals surface area contributed by atoms with E-state index >= 15 is 0 Å². The zero-order chi connectivity index (χ0) is 22.7. The first kappa shape index (κ1) is 24.0. The van der Waals surface area contributed by atoms with Crippen molar-refractivity contribution in [3.8, 4) is 22.6 Å². The van der Waals surface area contributed by atoms with Gasteiger partial charge in [-0.1, -0.05) is 6.07 Å². The Morgan fingerprint density at radius 1 is 1.33 bits per heavy atom. The molecule has 0 aliphatic carbocycles. The number of pyridine rings is 1. The van der Waals surface area contributed by atoms with Crippen molar-refractivity contribution in [2.24, 2.45) is 12.8 Å². The molecular formula is C20H21ClFN7O4. The molecule has 0 unspecified atom stereocenters. The van der Waals surface area contributed by atoms with Gasteiger partial charge in [-0.2, -0.15) is 4.80 Å². The summed E-state index contributed by atoms with van der Waals surface area (Å²) in [5, 5.41) is 11.7. The number of aromatic nitrogens is 5. The summed E-state index contributed by atoms with van der Waals surface area (Å²) in [6, 6.07) is 7.87. The number of carbonyl (C=O) groups excluding carboxylic acids is 2. The third-order valence-corrected chi connectivity index (χ3v) is 4.82. The van der Waals surface area contributed by atoms with Crippen LogP contribution in [0, 0.1) is 5.82 Å². The predicted molar refractivity (Wildman–Crippen MR) is 117 cm³/mol. The predicted octanol–water partition coefficient (Wildman–Crippen LogP) is 1.72. The number of aryl methyl sites for hydroxylation is 1. The van der Waals surface area contributed by atoms with E-state index in [0.29, 0.717) is 34.8 Å². The highest BCUT2D eigenvalue weighted by Gasteiger charge is 2.32. The van der Waals surface area contributed by atoms with Crippen LogP contribution in [0.5, 0.6) is 0 Å². The number of anilines is 1. The lowest BCUT2D eigenvalue weighted by atomic mass is 10.1. The number of hydrogen-bond acceptors (Lipinski definition) is 9. The number of amides is 1. The largest absolute Gasteiger partial charge is 0.465 e. The fourth-order valence-corrected chi connectivity index (χ4v) is 3.22. The molecule has 13 heteroatoms. The minimum absolute atomic E-state index is 0. The Hall–Kier alpha value is -3.64. The summed E-state index contributed by atoms with van der Waals surface area (Å²) in [5.41, 5.74) is 6.95. The number of esters is 1. The summed E-state index contributed by atoms with van der Waals surface area (Å²) in [5.74, 6) is -0.670. The van der Waals surface area contributed by atoms with E-state index in [1.807, 2.05) is 0 Å². The number of ether oxygens (including phenoxy) is 2. The van der Waals surface area contributed by atoms with E-state index in [2.05, 4.69) is 20.4 Å². The van der Waals surface area contributed by atoms with E-state index in [0.717, 1.165) is 0 Å². The van der Waals surface area contributed by atoms with Gasteiger partial charge in [0.15, 0.2) is 0 Å². The van der Waals surface area contributed by atoms with Crippen molar-refractivity contribution in [3.63, 3.8) is 0 Å². The molecule has 174 valence electrons. The molecule has 0 saturated carbocycles. The minimum Gasteiger partial charge on any atom is -0.465 e. The van der Waals surface area contributed by atoms with Crippen LogP contribution < -0.4 is 10.6 Å². The van der Waals surface area contributed by atoms with Gasteiger partial charge in [0.25, 0.3) is 0 Å². The molecule has 1 aliphatic rings. The average molecular weight is 478 g/mol. The minimum atomic E-state index is -0.588. The number of nitrogens with two attached hydrogens (primary N) is 1. The van der Waals surface area contributed by atoms with Crippen molar-refractivity contribution >= 4 is 30.2 Å². The van der Waals surface area contributed by atoms with Gasteiger partial charge >= 0.3 is 12.1 Å². The van der Waals surface area contributed by atoms with Crippen molar-refractivity contribution in [1.82, 2.24) is 25.2 Å². The molecule has 1 aromatic carbocycles. The lowest BCUT2D eigenvalue weighted by molar-refractivity contribution is -0.142. The summed E-state index contributed by atoms with van der Waals surface area (Å²) >= 11 is 0. The van der Waals surface area contributed by atoms with Crippen LogP contribution in [0.3, 0.4) is 0 Å². The van der Waals surface area contributed by atoms with E-state index in [1.54, 1.807) is 31.3 Å². The summed E-state index contributed by atoms with van der Waals surface area (Å²) in [6.07, 6.45) is 0.789. The van der Waals surface area contributed by atoms with Crippen LogP contribution >= 0.6 is 12.4 Å². The second-order valence-corrected chi connectivity index (χ2v) is 7.03. The van der Waals surface area contributed by atoms with Gasteiger partial charge in [0.05, 0.1) is 32.4 Å². The fraction of sp³-hybridized carbons (Fsp3) is 0.300. The smallest absolute Gasteiger partial charge is 0.414 e. The zero-order valence-corrected chi connectivity index (χ0v) is 18.4. The van der Waals surface area contributed by atoms with Crippen molar-refractivity contribution in [2.75, 3.05) is 24.6 Å². The molecule has 3 heterocycles. The number of cyclic esters (lactones) is 1. The van der Waals surface area contributed by atoms with Gasteiger partial charge in [0, 0.05) is 23.7 Å². The summed E-state index contributed by atoms with van der Waals surface area (Å²) in [7, 11) is 1.65. The molecule has 1 saturated heterocycles. The first-order valence-corrected chi connectivity index (χ1v) is 9.79. The standard InChI is InChI=1S/C20H20FN7O4.ClH/c1-27-25-19(24-26-27)17-5-2-12(10-23-17)15-4-3-13(8-16(15)21)28-11-14(32-20(28)30)6-7-31-18(29)9-22;/h2-5,8,10,14H,6-7,9,11,22H2,1H3;1H/t14-;/m1./s1. The maximum absolute atomic E-state index is 14.9. The van der Waals surface area contributed by atoms with Gasteiger partial charge in [0.1, 0.15) is 17.6 Å². The summed E-state index contributed by atoms with van der Waals surface area (Å²) < 4.78 is 25.0. The molecule has 0 spiro atoms. The molecule has 0 bridgehead atoms. The van der Waals surface area contributed by atoms with Crippen LogP contribution in [0.1, 0.15) is 6.42 Å². The molecular weight excluding hydrogens is 457 g/mol. The maximum Gasteiger partial charge on any atom is 0.414 e. The number of nitrogens with zero attached hydrogens (tertiary/aromatic N) is 6. The highest BCUT2D eigenvalue weighted by atomic mass is 35.5. The van der Waals surface area contributed by atoms with Crippen molar-refractivity contribution in [2.45, 2.75) is 12.5 Å². The van der Waals surface area contributed by atoms with E-state index < -0.39 is 24.0 Å². The monoisotopic (exact) mass is 477 g/mol. The molecule has 1 aliphatic heterocycles. The Morgan fingerprint density at radius 2 is 2.15 bits per heavy atom. The molecule has 11 nitrogen and oxygen atoms in total. The summed E-state index contributed by atoms with van der Waals surface area (Å²) in [6.45, 7) is 0.0963. The quantitative estimate of drug-likeness (QED) is 0.504. The van der Waals surface area contributed by atoms with Gasteiger partial charge in [-0.15, -0.1) is 22.6 Å². The van der Waals surface area contributed by atoms with Gasteiger partial charge in [-0.25, -0.2) is 9.18 Å². The number of tetrazole rings is 1. The highest BCUT2D eigenvalue weighted by molar-refractivity contribution is 5.90. The van der Waals surface area contributed by atoms with Gasteiger partial charge in [0.2, 0.25) is 5.82 Å². The third kappa shape index (κ3) is 5.41. The van der Waals surface area contributed by atoms with Crippen LogP contribution in [0.25, 0.3) is 22.6 Å². The van der Waals surface area contributed by atoms with Crippen LogP contribution in [-0.4, -0.2) is 63.1 Å². The van der Waals surface area contributed by atoms with E-state index in [9.17, 15) is 14.0 Å². The molecule has 1 fully saturated rings. The Bertz CT molecular complexity index is 1140. The second kappa shape index (κ2) is 10.3. The number of carbonyl (C=O) groups is 2. The number of hydrogen-bond donors (Lipinski definition) is 1. The first-order chi connectivity index (χ1) is 15.4. The van der Waals surface area contributed by atoms with Crippen molar-refractivity contribution in [3.05, 3.63) is 42.3 Å². The maximum atomic E-state index is 14.9. The fourth-order valence-electron chi connectivity index (χ4n) is 3.22. The van der Waals surface area contributed by atoms with E-state index in [-0.39, 0.29) is 32.1 Å². The third-order valence-electron chi connectivity index (χ3n) is 4.82. The molecule has 2 aromatic heterocycles. The molecule has 2 N–H and O–H groups in total. The molecule has 3 aromatic rings. The van der Waals surface area contributed by atoms with E-state index in [1.165, 1.54) is 22.0 Å². The Balaban J connectivity index is 0.00000306. The molecule has 0 radical (unpaired) electrons. The molecule has 33 heavy (non-hydrogen) atoms. The van der Waals surface area contributed by atoms with Crippen molar-refractivity contribution < 1.29 is 23.5 Å². The number of rotatable bonds is 7. The SMILES string of the molecule is Cl.Cn1nnc(-c2ccc(-c3ccc(N4C[C@@H](CCOC(=O)CN)OC4=O)cc3F)cn2)n1. The van der Waals surface area contributed by atoms with Gasteiger partial charge in [-0.3, -0.25) is 14.7 Å². The lowest BCUT2D eigenvalue weighted by Gasteiger charge is -2.14. The number of halogens is 2. The topological polar surface area (TPSA) is 138 Å². The first-order valence-electron chi connectivity index (χ1n) is 9.79. The molecule has 1 atom stereocenters. The Kier molecular flexibility index (Phi) is 7.51. The summed E-state index contributed by atoms with van der Waals surface area (Å²) in [4.78, 5) is 30.2. The Morgan fingerprint density at radius 3 is 2.79 bits per heavy atom. The van der Waals surface area contributed by atoms with E-state index in [4.69, 9.17) is 15.2 Å². The number of benzene rings is 1. The average Bonchev–Trinajstić information content (AvgIpc) is 3.39. The van der Waals surface area contributed by atoms with Gasteiger partial charge < -0.3 is 15.2 Å². The normalized spacial score (nSPS) is 15.2. The highest BCUT2D eigenvalue weighted by Crippen LogP contribution is 2.29. The van der Waals surface area contributed by atoms with Crippen LogP contribution in [0.2, 0.25) is 0 Å². The molecule has 4 rings (SSSR count).